The van der Waals surface area contributed by atoms with Crippen LogP contribution in [0.25, 0.3) is 10.8 Å². The van der Waals surface area contributed by atoms with Crippen LogP contribution >= 0.6 is 24.0 Å². The van der Waals surface area contributed by atoms with Gasteiger partial charge in [-0.2, -0.15) is 0 Å². The number of guanidine groups is 1. The second kappa shape index (κ2) is 12.9. The van der Waals surface area contributed by atoms with Crippen LogP contribution in [0.5, 0.6) is 0 Å². The van der Waals surface area contributed by atoms with Gasteiger partial charge in [-0.05, 0) is 61.8 Å². The Morgan fingerprint density at radius 3 is 2.44 bits per heavy atom. The minimum Gasteiger partial charge on any atom is -0.354 e. The second-order valence-electron chi connectivity index (χ2n) is 6.82. The lowest BCUT2D eigenvalue weighted by atomic mass is 10.1. The highest BCUT2D eigenvalue weighted by molar-refractivity contribution is 14.0. The highest BCUT2D eigenvalue weighted by Gasteiger charge is 2.07. The zero-order valence-corrected chi connectivity index (χ0v) is 19.5. The summed E-state index contributed by atoms with van der Waals surface area (Å²) in [6.45, 7) is 10.9. The van der Waals surface area contributed by atoms with Crippen LogP contribution in [0.15, 0.2) is 47.5 Å². The molecule has 0 amide bonds. The molecule has 2 aromatic carbocycles. The third-order valence-electron chi connectivity index (χ3n) is 4.89. The van der Waals surface area contributed by atoms with Crippen molar-refractivity contribution in [2.45, 2.75) is 46.2 Å². The highest BCUT2D eigenvalue weighted by atomic mass is 127. The predicted octanol–water partition coefficient (Wildman–Crippen LogP) is 4.63. The number of nitrogens with zero attached hydrogens (tertiary/aromatic N) is 2. The molecule has 0 spiro atoms. The maximum atomic E-state index is 4.36. The van der Waals surface area contributed by atoms with Crippen LogP contribution in [-0.2, 0) is 6.54 Å². The van der Waals surface area contributed by atoms with E-state index in [0.717, 1.165) is 32.0 Å². The molecule has 0 saturated heterocycles. The van der Waals surface area contributed by atoms with Gasteiger partial charge in [-0.1, -0.05) is 50.2 Å². The first-order chi connectivity index (χ1) is 12.7. The minimum atomic E-state index is 0. The van der Waals surface area contributed by atoms with E-state index in [-0.39, 0.29) is 24.0 Å². The Morgan fingerprint density at radius 2 is 1.78 bits per heavy atom. The molecule has 1 unspecified atom stereocenters. The van der Waals surface area contributed by atoms with Gasteiger partial charge in [0, 0.05) is 19.6 Å². The number of hydrogen-bond acceptors (Lipinski definition) is 2. The highest BCUT2D eigenvalue weighted by Crippen LogP contribution is 2.15. The summed E-state index contributed by atoms with van der Waals surface area (Å²) in [7, 11) is 1.83. The van der Waals surface area contributed by atoms with Gasteiger partial charge in [-0.25, -0.2) is 0 Å². The zero-order valence-electron chi connectivity index (χ0n) is 17.2. The van der Waals surface area contributed by atoms with Crippen LogP contribution in [0.1, 0.15) is 39.2 Å². The Balaban J connectivity index is 0.00000364. The number of benzene rings is 2. The molecule has 150 valence electrons. The number of fused-ring (bicyclic) bond motifs is 1. The van der Waals surface area contributed by atoms with Crippen molar-refractivity contribution in [1.29, 1.82) is 0 Å². The molecule has 0 heterocycles. The van der Waals surface area contributed by atoms with Gasteiger partial charge in [0.2, 0.25) is 0 Å². The monoisotopic (exact) mass is 482 g/mol. The van der Waals surface area contributed by atoms with Crippen LogP contribution in [0.2, 0.25) is 0 Å². The van der Waals surface area contributed by atoms with Gasteiger partial charge in [0.05, 0.1) is 0 Å². The average molecular weight is 482 g/mol. The normalized spacial score (nSPS) is 12.7. The Hall–Kier alpha value is -1.34. The van der Waals surface area contributed by atoms with E-state index in [1.165, 1.54) is 29.3 Å². The van der Waals surface area contributed by atoms with Gasteiger partial charge in [0.25, 0.3) is 0 Å². The van der Waals surface area contributed by atoms with Crippen molar-refractivity contribution in [2.24, 2.45) is 4.99 Å². The lowest BCUT2D eigenvalue weighted by Gasteiger charge is -2.21. The van der Waals surface area contributed by atoms with Gasteiger partial charge >= 0.3 is 0 Å². The molecule has 27 heavy (non-hydrogen) atoms. The van der Waals surface area contributed by atoms with Crippen LogP contribution in [-0.4, -0.2) is 43.6 Å². The van der Waals surface area contributed by atoms with E-state index >= 15 is 0 Å². The maximum Gasteiger partial charge on any atom is 0.191 e. The first-order valence-electron chi connectivity index (χ1n) is 9.83. The molecule has 0 fully saturated rings. The Labute approximate surface area is 181 Å². The molecule has 0 saturated carbocycles. The molecule has 1 atom stereocenters. The van der Waals surface area contributed by atoms with Crippen LogP contribution in [0, 0.1) is 0 Å². The molecule has 0 bridgehead atoms. The van der Waals surface area contributed by atoms with Gasteiger partial charge < -0.3 is 15.5 Å². The topological polar surface area (TPSA) is 39.7 Å². The van der Waals surface area contributed by atoms with Crippen molar-refractivity contribution in [3.8, 4) is 0 Å². The quantitative estimate of drug-likeness (QED) is 0.311. The van der Waals surface area contributed by atoms with Crippen molar-refractivity contribution in [1.82, 2.24) is 15.5 Å². The van der Waals surface area contributed by atoms with Crippen molar-refractivity contribution >= 4 is 40.7 Å². The number of hydrogen-bond donors (Lipinski definition) is 2. The Kier molecular flexibility index (Phi) is 11.4. The average Bonchev–Trinajstić information content (AvgIpc) is 2.68. The summed E-state index contributed by atoms with van der Waals surface area (Å²) < 4.78 is 0. The molecule has 0 aromatic heterocycles. The van der Waals surface area contributed by atoms with E-state index in [9.17, 15) is 0 Å². The van der Waals surface area contributed by atoms with Crippen molar-refractivity contribution in [3.05, 3.63) is 48.0 Å². The molecule has 5 heteroatoms. The molecule has 0 aliphatic heterocycles. The maximum absolute atomic E-state index is 4.36. The van der Waals surface area contributed by atoms with E-state index in [4.69, 9.17) is 0 Å². The fourth-order valence-electron chi connectivity index (χ4n) is 3.20. The minimum absolute atomic E-state index is 0. The van der Waals surface area contributed by atoms with Gasteiger partial charge in [0.1, 0.15) is 0 Å². The number of nitrogens with one attached hydrogen (secondary N) is 2. The summed E-state index contributed by atoms with van der Waals surface area (Å²) in [6, 6.07) is 15.5. The third kappa shape index (κ3) is 8.05. The number of halogens is 1. The van der Waals surface area contributed by atoms with E-state index < -0.39 is 0 Å². The van der Waals surface area contributed by atoms with Crippen LogP contribution < -0.4 is 10.6 Å². The van der Waals surface area contributed by atoms with Crippen molar-refractivity contribution in [2.75, 3.05) is 26.7 Å². The third-order valence-corrected chi connectivity index (χ3v) is 4.89. The van der Waals surface area contributed by atoms with Crippen molar-refractivity contribution in [3.63, 3.8) is 0 Å². The van der Waals surface area contributed by atoms with E-state index in [0.29, 0.717) is 6.04 Å². The number of aliphatic imine (C=N–C) groups is 1. The smallest absolute Gasteiger partial charge is 0.191 e. The molecule has 2 N–H and O–H groups in total. The lowest BCUT2D eigenvalue weighted by molar-refractivity contribution is 0.292. The number of rotatable bonds is 9. The Morgan fingerprint density at radius 1 is 1.07 bits per heavy atom. The molecule has 0 radical (unpaired) electrons. The van der Waals surface area contributed by atoms with Gasteiger partial charge in [0.15, 0.2) is 5.96 Å². The summed E-state index contributed by atoms with van der Waals surface area (Å²) in [5.41, 5.74) is 1.26. The molecule has 0 aliphatic carbocycles. The lowest BCUT2D eigenvalue weighted by Crippen LogP contribution is -2.42. The fraction of sp³-hybridized carbons (Fsp3) is 0.500. The first kappa shape index (κ1) is 23.7. The van der Waals surface area contributed by atoms with Crippen LogP contribution in [0.4, 0.5) is 0 Å². The first-order valence-corrected chi connectivity index (χ1v) is 9.83. The molecular formula is C22H35IN4. The molecule has 0 aliphatic rings. The van der Waals surface area contributed by atoms with Crippen LogP contribution in [0.3, 0.4) is 0 Å². The summed E-state index contributed by atoms with van der Waals surface area (Å²) in [5.74, 6) is 0.869. The fourth-order valence-corrected chi connectivity index (χ4v) is 3.20. The largest absolute Gasteiger partial charge is 0.354 e. The summed E-state index contributed by atoms with van der Waals surface area (Å²) in [6.07, 6.45) is 2.35. The van der Waals surface area contributed by atoms with E-state index in [2.05, 4.69) is 83.8 Å². The Bertz CT molecular complexity index is 698. The zero-order chi connectivity index (χ0) is 18.8. The molecule has 4 nitrogen and oxygen atoms in total. The van der Waals surface area contributed by atoms with E-state index in [1.54, 1.807) is 0 Å². The predicted molar refractivity (Wildman–Crippen MR) is 129 cm³/mol. The standard InChI is InChI=1S/C22H34N4.HI/c1-5-26(6-2)15-9-10-18(3)25-22(23-4)24-17-19-13-14-20-11-7-8-12-21(20)16-19;/h7-8,11-14,16,18H,5-6,9-10,15,17H2,1-4H3,(H2,23,24,25);1H. The second-order valence-corrected chi connectivity index (χ2v) is 6.82. The van der Waals surface area contributed by atoms with E-state index in [1.807, 2.05) is 7.05 Å². The summed E-state index contributed by atoms with van der Waals surface area (Å²) in [5, 5.41) is 9.49. The summed E-state index contributed by atoms with van der Waals surface area (Å²) in [4.78, 5) is 6.84. The molecular weight excluding hydrogens is 447 g/mol. The van der Waals surface area contributed by atoms with Gasteiger partial charge in [-0.3, -0.25) is 4.99 Å². The SMILES string of the molecule is CCN(CC)CCCC(C)NC(=NC)NCc1ccc2ccccc2c1.I. The molecule has 2 rings (SSSR count). The van der Waals surface area contributed by atoms with Crippen molar-refractivity contribution < 1.29 is 0 Å². The summed E-state index contributed by atoms with van der Waals surface area (Å²) >= 11 is 0. The van der Waals surface area contributed by atoms with Gasteiger partial charge in [-0.15, -0.1) is 24.0 Å². The molecule has 2 aromatic rings.